The van der Waals surface area contributed by atoms with E-state index in [1.54, 1.807) is 12.1 Å². The van der Waals surface area contributed by atoms with Gasteiger partial charge in [-0.05, 0) is 53.9 Å². The lowest BCUT2D eigenvalue weighted by molar-refractivity contribution is 0.431. The zero-order valence-electron chi connectivity index (χ0n) is 17.2. The topological polar surface area (TPSA) is 46.2 Å². The van der Waals surface area contributed by atoms with Gasteiger partial charge in [0, 0.05) is 12.0 Å². The number of sulfonamides is 1. The Morgan fingerprint density at radius 1 is 0.800 bits per heavy atom. The fourth-order valence-corrected chi connectivity index (χ4v) is 5.36. The van der Waals surface area contributed by atoms with Crippen molar-refractivity contribution < 1.29 is 8.42 Å². The van der Waals surface area contributed by atoms with E-state index in [2.05, 4.69) is 75.8 Å². The minimum Gasteiger partial charge on any atom is -0.211 e. The van der Waals surface area contributed by atoms with Crippen LogP contribution in [0.4, 0.5) is 0 Å². The van der Waals surface area contributed by atoms with Crippen LogP contribution in [0.3, 0.4) is 0 Å². The molecule has 5 heteroatoms. The first kappa shape index (κ1) is 23.0. The Morgan fingerprint density at radius 3 is 1.83 bits per heavy atom. The first-order valence-corrected chi connectivity index (χ1v) is 13.2. The van der Waals surface area contributed by atoms with Gasteiger partial charge in [0.25, 0.3) is 0 Å². The Labute approximate surface area is 194 Å². The number of alkyl halides is 1. The highest BCUT2D eigenvalue weighted by molar-refractivity contribution is 14.1. The summed E-state index contributed by atoms with van der Waals surface area (Å²) in [7, 11) is -3.54. The summed E-state index contributed by atoms with van der Waals surface area (Å²) >= 11 is 2.42. The van der Waals surface area contributed by atoms with Gasteiger partial charge < -0.3 is 0 Å². The molecule has 0 heterocycles. The average Bonchev–Trinajstić information content (AvgIpc) is 2.77. The molecule has 0 aromatic heterocycles. The van der Waals surface area contributed by atoms with E-state index in [0.29, 0.717) is 17.9 Å². The number of benzene rings is 3. The molecule has 0 radical (unpaired) electrons. The van der Waals surface area contributed by atoms with Crippen LogP contribution in [0, 0.1) is 6.92 Å². The molecule has 0 bridgehead atoms. The maximum absolute atomic E-state index is 12.8. The fraction of sp³-hybridized carbons (Fsp3) is 0.280. The van der Waals surface area contributed by atoms with E-state index >= 15 is 0 Å². The van der Waals surface area contributed by atoms with Crippen molar-refractivity contribution in [3.05, 3.63) is 102 Å². The summed E-state index contributed by atoms with van der Waals surface area (Å²) in [6.07, 6.45) is 2.73. The highest BCUT2D eigenvalue weighted by atomic mass is 127. The summed E-state index contributed by atoms with van der Waals surface area (Å²) in [5, 5.41) is 0. The third-order valence-corrected chi connectivity index (χ3v) is 7.80. The van der Waals surface area contributed by atoms with E-state index in [1.807, 2.05) is 31.2 Å². The van der Waals surface area contributed by atoms with Crippen LogP contribution in [0.2, 0.25) is 0 Å². The molecule has 30 heavy (non-hydrogen) atoms. The zero-order chi connectivity index (χ0) is 21.5. The molecule has 158 valence electrons. The van der Waals surface area contributed by atoms with Gasteiger partial charge in [0.2, 0.25) is 10.0 Å². The van der Waals surface area contributed by atoms with Gasteiger partial charge in [0.05, 0.1) is 4.90 Å². The summed E-state index contributed by atoms with van der Waals surface area (Å²) in [5.74, 6) is 0. The SMILES string of the molecule is Cc1ccc(S(=O)(=O)NCCC(CCCI)(c2ccccc2)c2ccccc2)cc1. The van der Waals surface area contributed by atoms with Crippen LogP contribution in [-0.4, -0.2) is 19.4 Å². The molecule has 0 saturated carbocycles. The molecule has 0 amide bonds. The van der Waals surface area contributed by atoms with E-state index in [1.165, 1.54) is 11.1 Å². The lowest BCUT2D eigenvalue weighted by Gasteiger charge is -2.35. The lowest BCUT2D eigenvalue weighted by Crippen LogP contribution is -2.34. The largest absolute Gasteiger partial charge is 0.240 e. The molecule has 0 atom stereocenters. The van der Waals surface area contributed by atoms with Crippen LogP contribution in [0.5, 0.6) is 0 Å². The van der Waals surface area contributed by atoms with Gasteiger partial charge in [0.15, 0.2) is 0 Å². The first-order valence-electron chi connectivity index (χ1n) is 10.2. The molecule has 0 unspecified atom stereocenters. The van der Waals surface area contributed by atoms with Crippen molar-refractivity contribution in [2.75, 3.05) is 11.0 Å². The minimum absolute atomic E-state index is 0.233. The standard InChI is InChI=1S/C25H28INO2S/c1-21-13-15-24(16-14-21)30(28,29)27-20-18-25(17-8-19-26,22-9-4-2-5-10-22)23-11-6-3-7-12-23/h2-7,9-16,27H,8,17-20H2,1H3. The molecular weight excluding hydrogens is 505 g/mol. The molecule has 3 aromatic rings. The third kappa shape index (κ3) is 5.50. The molecule has 0 fully saturated rings. The van der Waals surface area contributed by atoms with Gasteiger partial charge in [-0.25, -0.2) is 13.1 Å². The summed E-state index contributed by atoms with van der Waals surface area (Å²) in [5.41, 5.74) is 3.27. The van der Waals surface area contributed by atoms with Crippen molar-refractivity contribution in [1.29, 1.82) is 0 Å². The van der Waals surface area contributed by atoms with Crippen LogP contribution in [0.15, 0.2) is 89.8 Å². The monoisotopic (exact) mass is 533 g/mol. The van der Waals surface area contributed by atoms with E-state index in [9.17, 15) is 8.42 Å². The molecule has 0 aliphatic rings. The molecule has 3 aromatic carbocycles. The van der Waals surface area contributed by atoms with Crippen molar-refractivity contribution in [2.45, 2.75) is 36.5 Å². The van der Waals surface area contributed by atoms with Crippen molar-refractivity contribution in [3.63, 3.8) is 0 Å². The molecule has 3 nitrogen and oxygen atoms in total. The van der Waals surface area contributed by atoms with Crippen LogP contribution in [0.1, 0.15) is 36.0 Å². The summed E-state index contributed by atoms with van der Waals surface area (Å²) in [6, 6.07) is 27.9. The average molecular weight is 533 g/mol. The second-order valence-corrected chi connectivity index (χ2v) is 10.4. The van der Waals surface area contributed by atoms with E-state index < -0.39 is 10.0 Å². The molecule has 0 saturated heterocycles. The number of aryl methyl sites for hydroxylation is 1. The highest BCUT2D eigenvalue weighted by Crippen LogP contribution is 2.40. The van der Waals surface area contributed by atoms with Crippen LogP contribution in [-0.2, 0) is 15.4 Å². The van der Waals surface area contributed by atoms with Crippen molar-refractivity contribution in [3.8, 4) is 0 Å². The van der Waals surface area contributed by atoms with Gasteiger partial charge >= 0.3 is 0 Å². The number of hydrogen-bond acceptors (Lipinski definition) is 2. The van der Waals surface area contributed by atoms with Crippen LogP contribution < -0.4 is 4.72 Å². The summed E-state index contributed by atoms with van der Waals surface area (Å²) < 4.78 is 29.5. The van der Waals surface area contributed by atoms with Gasteiger partial charge in [-0.1, -0.05) is 101 Å². The number of rotatable bonds is 10. The molecule has 0 spiro atoms. The Balaban J connectivity index is 1.90. The maximum atomic E-state index is 12.8. The molecule has 0 aliphatic carbocycles. The predicted molar refractivity (Wildman–Crippen MR) is 133 cm³/mol. The normalized spacial score (nSPS) is 12.1. The summed E-state index contributed by atoms with van der Waals surface area (Å²) in [4.78, 5) is 0.311. The van der Waals surface area contributed by atoms with Crippen molar-refractivity contribution >= 4 is 32.6 Å². The lowest BCUT2D eigenvalue weighted by atomic mass is 9.69. The van der Waals surface area contributed by atoms with Gasteiger partial charge in [-0.3, -0.25) is 0 Å². The van der Waals surface area contributed by atoms with E-state index in [-0.39, 0.29) is 5.41 Å². The molecule has 1 N–H and O–H groups in total. The third-order valence-electron chi connectivity index (χ3n) is 5.57. The van der Waals surface area contributed by atoms with Crippen molar-refractivity contribution in [2.24, 2.45) is 0 Å². The van der Waals surface area contributed by atoms with Gasteiger partial charge in [0.1, 0.15) is 0 Å². The number of hydrogen-bond donors (Lipinski definition) is 1. The Hall–Kier alpha value is -1.70. The molecule has 3 rings (SSSR count). The Bertz CT molecular complexity index is 980. The van der Waals surface area contributed by atoms with Gasteiger partial charge in [-0.2, -0.15) is 0 Å². The first-order chi connectivity index (χ1) is 14.5. The van der Waals surface area contributed by atoms with Gasteiger partial charge in [-0.15, -0.1) is 0 Å². The van der Waals surface area contributed by atoms with Crippen LogP contribution in [0.25, 0.3) is 0 Å². The predicted octanol–water partition coefficient (Wildman–Crippen LogP) is 5.86. The van der Waals surface area contributed by atoms with Crippen molar-refractivity contribution in [1.82, 2.24) is 4.72 Å². The smallest absolute Gasteiger partial charge is 0.211 e. The fourth-order valence-electron chi connectivity index (χ4n) is 3.95. The second-order valence-electron chi connectivity index (χ2n) is 7.57. The Kier molecular flexibility index (Phi) is 8.08. The minimum atomic E-state index is -3.54. The number of nitrogens with one attached hydrogen (secondary N) is 1. The van der Waals surface area contributed by atoms with Crippen LogP contribution >= 0.6 is 22.6 Å². The summed E-state index contributed by atoms with van der Waals surface area (Å²) in [6.45, 7) is 2.33. The van der Waals surface area contributed by atoms with E-state index in [0.717, 1.165) is 22.8 Å². The number of halogens is 1. The molecule has 0 aliphatic heterocycles. The quantitative estimate of drug-likeness (QED) is 0.262. The molecular formula is C25H28INO2S. The van der Waals surface area contributed by atoms with E-state index in [4.69, 9.17) is 0 Å². The zero-order valence-corrected chi connectivity index (χ0v) is 20.2. The highest BCUT2D eigenvalue weighted by Gasteiger charge is 2.33. The second kappa shape index (κ2) is 10.6. The maximum Gasteiger partial charge on any atom is 0.240 e. The Morgan fingerprint density at radius 2 is 1.33 bits per heavy atom.